The van der Waals surface area contributed by atoms with Gasteiger partial charge in [-0.05, 0) is 38.2 Å². The summed E-state index contributed by atoms with van der Waals surface area (Å²) in [5.74, 6) is 0. The number of benzene rings is 1. The zero-order valence-electron chi connectivity index (χ0n) is 10.4. The fourth-order valence-electron chi connectivity index (χ4n) is 2.55. The highest BCUT2D eigenvalue weighted by atomic mass is 35.5. The Kier molecular flexibility index (Phi) is 3.29. The van der Waals surface area contributed by atoms with Crippen molar-refractivity contribution in [1.82, 2.24) is 10.2 Å². The molecule has 0 radical (unpaired) electrons. The van der Waals surface area contributed by atoms with Gasteiger partial charge in [-0.3, -0.25) is 0 Å². The molecule has 3 rings (SSSR count). The summed E-state index contributed by atoms with van der Waals surface area (Å²) in [6.45, 7) is 3.22. The van der Waals surface area contributed by atoms with Gasteiger partial charge in [-0.2, -0.15) is 0 Å². The maximum atomic E-state index is 5.98. The van der Waals surface area contributed by atoms with Crippen molar-refractivity contribution in [1.29, 1.82) is 0 Å². The Morgan fingerprint density at radius 2 is 2.28 bits per heavy atom. The number of fused-ring (bicyclic) bond motifs is 1. The minimum Gasteiger partial charge on any atom is -0.464 e. The lowest BCUT2D eigenvalue weighted by atomic mass is 10.0. The van der Waals surface area contributed by atoms with Gasteiger partial charge in [0.1, 0.15) is 5.58 Å². The molecule has 1 saturated heterocycles. The van der Waals surface area contributed by atoms with Crippen LogP contribution in [-0.4, -0.2) is 31.6 Å². The number of nitrogens with zero attached hydrogens (tertiary/aromatic N) is 1. The van der Waals surface area contributed by atoms with Crippen LogP contribution in [0.5, 0.6) is 0 Å². The van der Waals surface area contributed by atoms with Gasteiger partial charge in [0.2, 0.25) is 0 Å². The Balaban J connectivity index is 1.93. The van der Waals surface area contributed by atoms with Crippen molar-refractivity contribution in [3.63, 3.8) is 0 Å². The summed E-state index contributed by atoms with van der Waals surface area (Å²) < 4.78 is 5.61. The summed E-state index contributed by atoms with van der Waals surface area (Å²) in [4.78, 5) is 2.35. The summed E-state index contributed by atoms with van der Waals surface area (Å²) in [6, 6.07) is 6.22. The van der Waals surface area contributed by atoms with E-state index in [0.29, 0.717) is 6.04 Å². The fourth-order valence-corrected chi connectivity index (χ4v) is 2.71. The van der Waals surface area contributed by atoms with Gasteiger partial charge in [-0.15, -0.1) is 0 Å². The first kappa shape index (κ1) is 12.0. The van der Waals surface area contributed by atoms with Gasteiger partial charge in [0.05, 0.1) is 6.26 Å². The van der Waals surface area contributed by atoms with Gasteiger partial charge < -0.3 is 14.6 Å². The molecule has 18 heavy (non-hydrogen) atoms. The molecular formula is C14H17ClN2O. The highest BCUT2D eigenvalue weighted by Gasteiger charge is 2.19. The molecular weight excluding hydrogens is 248 g/mol. The third-order valence-corrected chi connectivity index (χ3v) is 3.86. The van der Waals surface area contributed by atoms with Gasteiger partial charge in [0, 0.05) is 35.1 Å². The van der Waals surface area contributed by atoms with E-state index in [4.69, 9.17) is 16.0 Å². The van der Waals surface area contributed by atoms with Crippen molar-refractivity contribution >= 4 is 22.6 Å². The fraction of sp³-hybridized carbons (Fsp3) is 0.429. The van der Waals surface area contributed by atoms with E-state index >= 15 is 0 Å². The summed E-state index contributed by atoms with van der Waals surface area (Å²) in [7, 11) is 2.16. The molecule has 96 valence electrons. The number of rotatable bonds is 1. The molecule has 1 aliphatic heterocycles. The van der Waals surface area contributed by atoms with Crippen LogP contribution in [0.3, 0.4) is 0 Å². The van der Waals surface area contributed by atoms with Crippen molar-refractivity contribution in [3.8, 4) is 0 Å². The lowest BCUT2D eigenvalue weighted by Gasteiger charge is -2.14. The Hall–Kier alpha value is -1.03. The van der Waals surface area contributed by atoms with Crippen LogP contribution in [0.2, 0.25) is 5.02 Å². The number of hydrogen-bond donors (Lipinski definition) is 1. The molecule has 2 heterocycles. The minimum atomic E-state index is 0.373. The van der Waals surface area contributed by atoms with Crippen molar-refractivity contribution in [2.75, 3.05) is 26.7 Å². The van der Waals surface area contributed by atoms with E-state index in [1.54, 1.807) is 0 Å². The second-order valence-corrected chi connectivity index (χ2v) is 5.37. The normalized spacial score (nSPS) is 22.2. The van der Waals surface area contributed by atoms with Crippen molar-refractivity contribution in [2.24, 2.45) is 0 Å². The van der Waals surface area contributed by atoms with Crippen molar-refractivity contribution in [2.45, 2.75) is 12.5 Å². The maximum Gasteiger partial charge on any atom is 0.135 e. The van der Waals surface area contributed by atoms with E-state index in [2.05, 4.69) is 17.3 Å². The molecule has 1 unspecified atom stereocenters. The monoisotopic (exact) mass is 264 g/mol. The van der Waals surface area contributed by atoms with Gasteiger partial charge in [-0.25, -0.2) is 0 Å². The summed E-state index contributed by atoms with van der Waals surface area (Å²) in [6.07, 6.45) is 2.97. The number of hydrogen-bond acceptors (Lipinski definition) is 3. The molecule has 0 spiro atoms. The lowest BCUT2D eigenvalue weighted by Crippen LogP contribution is -2.24. The van der Waals surface area contributed by atoms with Gasteiger partial charge in [0.25, 0.3) is 0 Å². The minimum absolute atomic E-state index is 0.373. The second-order valence-electron chi connectivity index (χ2n) is 4.93. The van der Waals surface area contributed by atoms with Crippen LogP contribution in [0.1, 0.15) is 18.0 Å². The topological polar surface area (TPSA) is 28.4 Å². The molecule has 0 aliphatic carbocycles. The molecule has 0 amide bonds. The summed E-state index contributed by atoms with van der Waals surface area (Å²) in [5, 5.41) is 5.47. The van der Waals surface area contributed by atoms with Crippen LogP contribution >= 0.6 is 11.6 Å². The van der Waals surface area contributed by atoms with Crippen LogP contribution in [-0.2, 0) is 0 Å². The molecule has 1 aromatic carbocycles. The number of halogens is 1. The first-order valence-electron chi connectivity index (χ1n) is 6.32. The Labute approximate surface area is 112 Å². The van der Waals surface area contributed by atoms with E-state index in [9.17, 15) is 0 Å². The molecule has 1 aliphatic rings. The average Bonchev–Trinajstić information content (AvgIpc) is 2.64. The second kappa shape index (κ2) is 4.92. The van der Waals surface area contributed by atoms with Gasteiger partial charge in [0.15, 0.2) is 0 Å². The zero-order valence-corrected chi connectivity index (χ0v) is 11.2. The third-order valence-electron chi connectivity index (χ3n) is 3.63. The van der Waals surface area contributed by atoms with E-state index in [-0.39, 0.29) is 0 Å². The smallest absolute Gasteiger partial charge is 0.135 e. The van der Waals surface area contributed by atoms with E-state index in [1.807, 2.05) is 24.5 Å². The summed E-state index contributed by atoms with van der Waals surface area (Å²) >= 11 is 5.98. The van der Waals surface area contributed by atoms with Crippen LogP contribution in [0, 0.1) is 0 Å². The highest BCUT2D eigenvalue weighted by molar-refractivity contribution is 6.31. The molecule has 1 fully saturated rings. The molecule has 2 aromatic rings. The molecule has 4 heteroatoms. The summed E-state index contributed by atoms with van der Waals surface area (Å²) in [5.41, 5.74) is 2.12. The third kappa shape index (κ3) is 2.26. The quantitative estimate of drug-likeness (QED) is 0.858. The zero-order chi connectivity index (χ0) is 12.5. The molecule has 1 N–H and O–H groups in total. The Morgan fingerprint density at radius 1 is 1.39 bits per heavy atom. The van der Waals surface area contributed by atoms with Crippen LogP contribution < -0.4 is 5.32 Å². The van der Waals surface area contributed by atoms with E-state index < -0.39 is 0 Å². The van der Waals surface area contributed by atoms with E-state index in [1.165, 1.54) is 10.9 Å². The number of likely N-dealkylation sites (N-methyl/N-ethyl adjacent to an activating group) is 1. The first-order valence-corrected chi connectivity index (χ1v) is 6.70. The molecule has 1 atom stereocenters. The van der Waals surface area contributed by atoms with Crippen LogP contribution in [0.25, 0.3) is 11.0 Å². The standard InChI is InChI=1S/C14H17ClN2O/c1-17-6-4-13(16-5-7-17)12-9-18-14-8-10(15)2-3-11(12)14/h2-3,8-9,13,16H,4-7H2,1H3. The molecule has 3 nitrogen and oxygen atoms in total. The first-order chi connectivity index (χ1) is 8.74. The molecule has 1 aromatic heterocycles. The van der Waals surface area contributed by atoms with Crippen molar-refractivity contribution in [3.05, 3.63) is 35.0 Å². The number of furan rings is 1. The van der Waals surface area contributed by atoms with Crippen molar-refractivity contribution < 1.29 is 4.42 Å². The van der Waals surface area contributed by atoms with Crippen LogP contribution in [0.15, 0.2) is 28.9 Å². The van der Waals surface area contributed by atoms with Gasteiger partial charge in [-0.1, -0.05) is 11.6 Å². The predicted octanol–water partition coefficient (Wildman–Crippen LogP) is 3.05. The lowest BCUT2D eigenvalue weighted by molar-refractivity contribution is 0.355. The molecule has 0 saturated carbocycles. The average molecular weight is 265 g/mol. The maximum absolute atomic E-state index is 5.98. The SMILES string of the molecule is CN1CCNC(c2coc3cc(Cl)ccc23)CC1. The van der Waals surface area contributed by atoms with Crippen LogP contribution in [0.4, 0.5) is 0 Å². The largest absolute Gasteiger partial charge is 0.464 e. The van der Waals surface area contributed by atoms with Gasteiger partial charge >= 0.3 is 0 Å². The highest BCUT2D eigenvalue weighted by Crippen LogP contribution is 2.30. The predicted molar refractivity (Wildman–Crippen MR) is 74.1 cm³/mol. The van der Waals surface area contributed by atoms with E-state index in [0.717, 1.165) is 36.7 Å². The molecule has 0 bridgehead atoms. The Bertz CT molecular complexity index is 552. The number of nitrogens with one attached hydrogen (secondary N) is 1. The Morgan fingerprint density at radius 3 is 3.17 bits per heavy atom.